The van der Waals surface area contributed by atoms with Crippen LogP contribution in [0.1, 0.15) is 48.2 Å². The summed E-state index contributed by atoms with van der Waals surface area (Å²) in [7, 11) is 0. The van der Waals surface area contributed by atoms with E-state index in [9.17, 15) is 9.90 Å². The number of aromatic carboxylic acids is 1. The molecule has 0 saturated carbocycles. The molecule has 0 aliphatic heterocycles. The van der Waals surface area contributed by atoms with E-state index in [4.69, 9.17) is 0 Å². The molecule has 1 atom stereocenters. The van der Waals surface area contributed by atoms with E-state index in [0.29, 0.717) is 11.6 Å². The van der Waals surface area contributed by atoms with Gasteiger partial charge in [-0.1, -0.05) is 13.8 Å². The van der Waals surface area contributed by atoms with Gasteiger partial charge in [0.25, 0.3) is 0 Å². The lowest BCUT2D eigenvalue weighted by atomic mass is 9.85. The van der Waals surface area contributed by atoms with Gasteiger partial charge in [-0.05, 0) is 62.0 Å². The molecule has 3 rings (SSSR count). The second-order valence-corrected chi connectivity index (χ2v) is 6.23. The molecule has 1 aliphatic carbocycles. The Morgan fingerprint density at radius 2 is 2.00 bits per heavy atom. The molecule has 1 unspecified atom stereocenters. The van der Waals surface area contributed by atoms with Crippen molar-refractivity contribution in [1.29, 1.82) is 0 Å². The normalized spacial score (nSPS) is 17.3. The number of carbonyl (C=O) groups is 1. The molecule has 4 nitrogen and oxygen atoms in total. The van der Waals surface area contributed by atoms with Gasteiger partial charge in [0.2, 0.25) is 0 Å². The summed E-state index contributed by atoms with van der Waals surface area (Å²) < 4.78 is 0. The van der Waals surface area contributed by atoms with Gasteiger partial charge in [-0.15, -0.1) is 0 Å². The minimum atomic E-state index is -0.817. The van der Waals surface area contributed by atoms with E-state index in [1.165, 1.54) is 5.56 Å². The first-order chi connectivity index (χ1) is 10.7. The Balaban J connectivity index is 2.02. The van der Waals surface area contributed by atoms with Crippen molar-refractivity contribution < 1.29 is 9.90 Å². The maximum atomic E-state index is 11.6. The summed E-state index contributed by atoms with van der Waals surface area (Å²) in [6, 6.07) is 4.04. The molecule has 0 amide bonds. The van der Waals surface area contributed by atoms with E-state index < -0.39 is 5.97 Å². The highest BCUT2D eigenvalue weighted by atomic mass is 16.4. The molecule has 0 saturated heterocycles. The maximum Gasteiger partial charge on any atom is 0.335 e. The molecule has 1 heterocycles. The van der Waals surface area contributed by atoms with E-state index in [1.807, 2.05) is 6.07 Å². The molecule has 0 fully saturated rings. The summed E-state index contributed by atoms with van der Waals surface area (Å²) in [6.45, 7) is 6.57. The number of benzene rings is 1. The van der Waals surface area contributed by atoms with Gasteiger partial charge in [0.05, 0.1) is 5.56 Å². The summed E-state index contributed by atoms with van der Waals surface area (Å²) in [5.41, 5.74) is 3.80. The standard InChI is InChI=1S/C18H24N2O2/c1-3-7-20(8-4-2)13-9-12-11-19-16-6-5-14(18(21)22)15(10-13)17(12)16/h5-6,11,13,19H,3-4,7-10H2,1-2H3,(H,21,22). The third-order valence-electron chi connectivity index (χ3n) is 4.70. The number of rotatable bonds is 6. The Kier molecular flexibility index (Phi) is 4.21. The Hall–Kier alpha value is -1.81. The topological polar surface area (TPSA) is 56.3 Å². The largest absolute Gasteiger partial charge is 0.478 e. The van der Waals surface area contributed by atoms with Gasteiger partial charge in [-0.2, -0.15) is 0 Å². The first-order valence-electron chi connectivity index (χ1n) is 8.24. The summed E-state index contributed by atoms with van der Waals surface area (Å²) in [6.07, 6.45) is 6.17. The summed E-state index contributed by atoms with van der Waals surface area (Å²) in [4.78, 5) is 17.4. The second kappa shape index (κ2) is 6.13. The Labute approximate surface area is 131 Å². The van der Waals surface area contributed by atoms with Crippen LogP contribution in [0.4, 0.5) is 0 Å². The van der Waals surface area contributed by atoms with E-state index in [-0.39, 0.29) is 0 Å². The zero-order valence-electron chi connectivity index (χ0n) is 13.4. The van der Waals surface area contributed by atoms with Crippen molar-refractivity contribution in [2.45, 2.75) is 45.6 Å². The van der Waals surface area contributed by atoms with Crippen LogP contribution < -0.4 is 0 Å². The fourth-order valence-electron chi connectivity index (χ4n) is 3.82. The van der Waals surface area contributed by atoms with Crippen LogP contribution >= 0.6 is 0 Å². The van der Waals surface area contributed by atoms with Crippen molar-refractivity contribution in [3.63, 3.8) is 0 Å². The predicted octanol–water partition coefficient (Wildman–Crippen LogP) is 3.46. The number of H-pyrrole nitrogens is 1. The van der Waals surface area contributed by atoms with Crippen LogP contribution in [0.5, 0.6) is 0 Å². The molecular formula is C18H24N2O2. The number of aromatic amines is 1. The Morgan fingerprint density at radius 1 is 1.27 bits per heavy atom. The van der Waals surface area contributed by atoms with Crippen LogP contribution in [-0.2, 0) is 12.8 Å². The lowest BCUT2D eigenvalue weighted by molar-refractivity contribution is 0.0695. The molecule has 2 N–H and O–H groups in total. The van der Waals surface area contributed by atoms with Crippen LogP contribution in [0.15, 0.2) is 18.3 Å². The Morgan fingerprint density at radius 3 is 2.64 bits per heavy atom. The van der Waals surface area contributed by atoms with Crippen molar-refractivity contribution >= 4 is 16.9 Å². The number of nitrogens with one attached hydrogen (secondary N) is 1. The molecule has 2 aromatic rings. The molecule has 0 spiro atoms. The van der Waals surface area contributed by atoms with Crippen molar-refractivity contribution in [2.75, 3.05) is 13.1 Å². The van der Waals surface area contributed by atoms with E-state index >= 15 is 0 Å². The third-order valence-corrected chi connectivity index (χ3v) is 4.70. The van der Waals surface area contributed by atoms with E-state index in [2.05, 4.69) is 29.9 Å². The second-order valence-electron chi connectivity index (χ2n) is 6.23. The van der Waals surface area contributed by atoms with Gasteiger partial charge in [0, 0.05) is 23.1 Å². The molecule has 1 aliphatic rings. The van der Waals surface area contributed by atoms with Crippen LogP contribution in [0.3, 0.4) is 0 Å². The molecule has 1 aromatic carbocycles. The van der Waals surface area contributed by atoms with Crippen LogP contribution in [0.2, 0.25) is 0 Å². The zero-order valence-corrected chi connectivity index (χ0v) is 13.4. The molecular weight excluding hydrogens is 276 g/mol. The molecule has 22 heavy (non-hydrogen) atoms. The van der Waals surface area contributed by atoms with E-state index in [0.717, 1.165) is 55.2 Å². The molecule has 4 heteroatoms. The SMILES string of the molecule is CCCN(CCC)C1Cc2c[nH]c3ccc(C(=O)O)c(c23)C1. The third kappa shape index (κ3) is 2.52. The average Bonchev–Trinajstić information content (AvgIpc) is 2.91. The summed E-state index contributed by atoms with van der Waals surface area (Å²) in [5, 5.41) is 10.7. The van der Waals surface area contributed by atoms with Gasteiger partial charge < -0.3 is 10.1 Å². The van der Waals surface area contributed by atoms with Crippen molar-refractivity contribution in [3.05, 3.63) is 35.0 Å². The number of nitrogens with zero attached hydrogens (tertiary/aromatic N) is 1. The summed E-state index contributed by atoms with van der Waals surface area (Å²) in [5.74, 6) is -0.817. The fourth-order valence-corrected chi connectivity index (χ4v) is 3.82. The lowest BCUT2D eigenvalue weighted by Gasteiger charge is -2.34. The highest BCUT2D eigenvalue weighted by molar-refractivity contribution is 5.98. The van der Waals surface area contributed by atoms with Crippen LogP contribution in [-0.4, -0.2) is 40.1 Å². The molecule has 0 bridgehead atoms. The van der Waals surface area contributed by atoms with Gasteiger partial charge in [-0.3, -0.25) is 4.90 Å². The highest BCUT2D eigenvalue weighted by Gasteiger charge is 2.28. The quantitative estimate of drug-likeness (QED) is 0.859. The number of carboxylic acids is 1. The zero-order chi connectivity index (χ0) is 15.7. The van der Waals surface area contributed by atoms with Gasteiger partial charge >= 0.3 is 5.97 Å². The number of hydrogen-bond acceptors (Lipinski definition) is 2. The first-order valence-corrected chi connectivity index (χ1v) is 8.24. The van der Waals surface area contributed by atoms with Crippen LogP contribution in [0, 0.1) is 0 Å². The predicted molar refractivity (Wildman–Crippen MR) is 88.6 cm³/mol. The number of aromatic nitrogens is 1. The average molecular weight is 300 g/mol. The van der Waals surface area contributed by atoms with Crippen molar-refractivity contribution in [2.24, 2.45) is 0 Å². The van der Waals surface area contributed by atoms with Crippen molar-refractivity contribution in [1.82, 2.24) is 9.88 Å². The lowest BCUT2D eigenvalue weighted by Crippen LogP contribution is -2.41. The minimum Gasteiger partial charge on any atom is -0.478 e. The van der Waals surface area contributed by atoms with Crippen LogP contribution in [0.25, 0.3) is 10.9 Å². The smallest absolute Gasteiger partial charge is 0.335 e. The Bertz CT molecular complexity index is 684. The maximum absolute atomic E-state index is 11.6. The molecule has 0 radical (unpaired) electrons. The fraction of sp³-hybridized carbons (Fsp3) is 0.500. The first kappa shape index (κ1) is 15.1. The van der Waals surface area contributed by atoms with Crippen molar-refractivity contribution in [3.8, 4) is 0 Å². The van der Waals surface area contributed by atoms with Gasteiger partial charge in [0.1, 0.15) is 0 Å². The van der Waals surface area contributed by atoms with E-state index in [1.54, 1.807) is 6.07 Å². The minimum absolute atomic E-state index is 0.409. The number of carboxylic acid groups (broad SMARTS) is 1. The summed E-state index contributed by atoms with van der Waals surface area (Å²) >= 11 is 0. The van der Waals surface area contributed by atoms with Gasteiger partial charge in [-0.25, -0.2) is 4.79 Å². The highest BCUT2D eigenvalue weighted by Crippen LogP contribution is 2.33. The monoisotopic (exact) mass is 300 g/mol. The molecule has 118 valence electrons. The molecule has 1 aromatic heterocycles. The van der Waals surface area contributed by atoms with Gasteiger partial charge in [0.15, 0.2) is 0 Å². The number of hydrogen-bond donors (Lipinski definition) is 2.